The fourth-order valence-electron chi connectivity index (χ4n) is 4.08. The van der Waals surface area contributed by atoms with Crippen LogP contribution in [-0.4, -0.2) is 66.1 Å². The van der Waals surface area contributed by atoms with Crippen LogP contribution in [0, 0.1) is 5.92 Å². The van der Waals surface area contributed by atoms with E-state index in [2.05, 4.69) is 20.5 Å². The van der Waals surface area contributed by atoms with Gasteiger partial charge in [0.05, 0.1) is 0 Å². The van der Waals surface area contributed by atoms with Crippen LogP contribution in [0.15, 0.2) is 29.3 Å². The van der Waals surface area contributed by atoms with Crippen molar-refractivity contribution in [3.63, 3.8) is 0 Å². The monoisotopic (exact) mass is 546 g/mol. The van der Waals surface area contributed by atoms with Crippen LogP contribution in [0.25, 0.3) is 0 Å². The zero-order valence-electron chi connectivity index (χ0n) is 17.8. The Morgan fingerprint density at radius 3 is 2.47 bits per heavy atom. The van der Waals surface area contributed by atoms with Crippen molar-refractivity contribution in [3.8, 4) is 5.75 Å². The molecule has 3 rings (SSSR count). The van der Waals surface area contributed by atoms with E-state index in [-0.39, 0.29) is 29.9 Å². The average Bonchev–Trinajstić information content (AvgIpc) is 2.77. The number of thioether (sulfide) groups is 1. The molecule has 0 spiro atoms. The lowest BCUT2D eigenvalue weighted by molar-refractivity contribution is -0.136. The number of nitrogens with zero attached hydrogens (tertiary/aromatic N) is 2. The highest BCUT2D eigenvalue weighted by Crippen LogP contribution is 2.27. The Hall–Kier alpha value is -1.16. The molecule has 2 fully saturated rings. The number of hydrogen-bond acceptors (Lipinski definition) is 4. The highest BCUT2D eigenvalue weighted by molar-refractivity contribution is 14.0. The number of aliphatic imine (C=N–C) groups is 1. The number of carbonyl (C=O) groups is 1. The van der Waals surface area contributed by atoms with Gasteiger partial charge in [-0.05, 0) is 56.2 Å². The normalized spacial score (nSPS) is 22.2. The predicted molar refractivity (Wildman–Crippen MR) is 136 cm³/mol. The number of benzene rings is 1. The third-order valence-electron chi connectivity index (χ3n) is 5.83. The number of hydrogen-bond donors (Lipinski definition) is 3. The maximum atomic E-state index is 12.7. The SMILES string of the molecule is CN=C(NCCCc1ccc(O)cc1)NC1CCC(C(=O)N2CCSCC2)CC1.I. The molecule has 1 saturated carbocycles. The maximum absolute atomic E-state index is 12.7. The smallest absolute Gasteiger partial charge is 0.225 e. The molecule has 2 aliphatic rings. The number of phenols is 1. The van der Waals surface area contributed by atoms with E-state index < -0.39 is 0 Å². The topological polar surface area (TPSA) is 77.0 Å². The van der Waals surface area contributed by atoms with Crippen LogP contribution in [0.5, 0.6) is 5.75 Å². The fraction of sp³-hybridized carbons (Fsp3) is 0.636. The molecule has 1 aromatic carbocycles. The van der Waals surface area contributed by atoms with E-state index in [0.29, 0.717) is 17.7 Å². The summed E-state index contributed by atoms with van der Waals surface area (Å²) in [4.78, 5) is 19.1. The van der Waals surface area contributed by atoms with Gasteiger partial charge in [0.15, 0.2) is 5.96 Å². The van der Waals surface area contributed by atoms with E-state index in [1.54, 1.807) is 19.2 Å². The van der Waals surface area contributed by atoms with E-state index in [4.69, 9.17) is 0 Å². The van der Waals surface area contributed by atoms with Crippen molar-refractivity contribution < 1.29 is 9.90 Å². The molecule has 1 heterocycles. The number of phenolic OH excluding ortho intramolecular Hbond substituents is 1. The molecule has 0 atom stereocenters. The summed E-state index contributed by atoms with van der Waals surface area (Å²) in [6, 6.07) is 7.78. The minimum Gasteiger partial charge on any atom is -0.508 e. The highest BCUT2D eigenvalue weighted by atomic mass is 127. The van der Waals surface area contributed by atoms with Crippen molar-refractivity contribution in [2.75, 3.05) is 38.2 Å². The van der Waals surface area contributed by atoms with Crippen LogP contribution < -0.4 is 10.6 Å². The largest absolute Gasteiger partial charge is 0.508 e. The summed E-state index contributed by atoms with van der Waals surface area (Å²) in [6.45, 7) is 2.69. The van der Waals surface area contributed by atoms with Crippen LogP contribution in [0.3, 0.4) is 0 Å². The van der Waals surface area contributed by atoms with Gasteiger partial charge in [0.25, 0.3) is 0 Å². The second-order valence-electron chi connectivity index (χ2n) is 7.90. The molecule has 1 amide bonds. The van der Waals surface area contributed by atoms with E-state index in [1.165, 1.54) is 5.56 Å². The van der Waals surface area contributed by atoms with Gasteiger partial charge in [0.1, 0.15) is 5.75 Å². The van der Waals surface area contributed by atoms with E-state index >= 15 is 0 Å². The number of carbonyl (C=O) groups excluding carboxylic acids is 1. The Morgan fingerprint density at radius 2 is 1.83 bits per heavy atom. The molecule has 1 aliphatic carbocycles. The van der Waals surface area contributed by atoms with Crippen LogP contribution in [0.2, 0.25) is 0 Å². The number of aryl methyl sites for hydroxylation is 1. The zero-order valence-corrected chi connectivity index (χ0v) is 21.0. The molecule has 0 bridgehead atoms. The Kier molecular flexibility index (Phi) is 11.1. The highest BCUT2D eigenvalue weighted by Gasteiger charge is 2.30. The van der Waals surface area contributed by atoms with Crippen molar-refractivity contribution in [2.24, 2.45) is 10.9 Å². The minimum atomic E-state index is 0. The molecule has 3 N–H and O–H groups in total. The quantitative estimate of drug-likeness (QED) is 0.221. The molecule has 1 aromatic rings. The molecule has 0 aromatic heterocycles. The Balaban J connectivity index is 0.00000320. The molecule has 168 valence electrons. The number of amides is 1. The molecule has 1 aliphatic heterocycles. The molecule has 0 radical (unpaired) electrons. The first kappa shape index (κ1) is 25.1. The third-order valence-corrected chi connectivity index (χ3v) is 6.78. The van der Waals surface area contributed by atoms with E-state index in [0.717, 1.165) is 75.6 Å². The summed E-state index contributed by atoms with van der Waals surface area (Å²) in [6.07, 6.45) is 5.95. The summed E-state index contributed by atoms with van der Waals surface area (Å²) in [5, 5.41) is 16.3. The van der Waals surface area contributed by atoms with E-state index in [9.17, 15) is 9.90 Å². The van der Waals surface area contributed by atoms with Crippen molar-refractivity contribution in [3.05, 3.63) is 29.8 Å². The lowest BCUT2D eigenvalue weighted by Gasteiger charge is -2.34. The van der Waals surface area contributed by atoms with Gasteiger partial charge in [0.2, 0.25) is 5.91 Å². The standard InChI is InChI=1S/C22H34N4O2S.HI/c1-23-22(24-12-2-3-17-4-10-20(27)11-5-17)25-19-8-6-18(7-9-19)21(28)26-13-15-29-16-14-26;/h4-5,10-11,18-19,27H,2-3,6-9,12-16H2,1H3,(H2,23,24,25);1H. The molecular weight excluding hydrogens is 511 g/mol. The zero-order chi connectivity index (χ0) is 20.5. The van der Waals surface area contributed by atoms with Gasteiger partial charge in [-0.15, -0.1) is 24.0 Å². The first-order valence-electron chi connectivity index (χ1n) is 10.8. The average molecular weight is 547 g/mol. The number of aromatic hydroxyl groups is 1. The van der Waals surface area contributed by atoms with Gasteiger partial charge >= 0.3 is 0 Å². The van der Waals surface area contributed by atoms with Gasteiger partial charge < -0.3 is 20.6 Å². The van der Waals surface area contributed by atoms with Crippen LogP contribution >= 0.6 is 35.7 Å². The summed E-state index contributed by atoms with van der Waals surface area (Å²) in [7, 11) is 1.80. The second-order valence-corrected chi connectivity index (χ2v) is 9.12. The molecule has 0 unspecified atom stereocenters. The van der Waals surface area contributed by atoms with Gasteiger partial charge in [-0.3, -0.25) is 9.79 Å². The van der Waals surface area contributed by atoms with Crippen LogP contribution in [0.1, 0.15) is 37.7 Å². The summed E-state index contributed by atoms with van der Waals surface area (Å²) in [5.41, 5.74) is 1.22. The molecule has 8 heteroatoms. The van der Waals surface area contributed by atoms with Gasteiger partial charge in [-0.2, -0.15) is 11.8 Å². The molecular formula is C22H35IN4O2S. The van der Waals surface area contributed by atoms with Crippen molar-refractivity contribution in [1.29, 1.82) is 0 Å². The van der Waals surface area contributed by atoms with Crippen LogP contribution in [-0.2, 0) is 11.2 Å². The molecule has 1 saturated heterocycles. The number of rotatable bonds is 6. The summed E-state index contributed by atoms with van der Waals surface area (Å²) in [5.74, 6) is 3.90. The first-order chi connectivity index (χ1) is 14.2. The first-order valence-corrected chi connectivity index (χ1v) is 11.9. The van der Waals surface area contributed by atoms with Gasteiger partial charge in [-0.1, -0.05) is 12.1 Å². The lowest BCUT2D eigenvalue weighted by Crippen LogP contribution is -2.47. The lowest BCUT2D eigenvalue weighted by atomic mass is 9.85. The Labute approximate surface area is 201 Å². The van der Waals surface area contributed by atoms with Crippen molar-refractivity contribution in [2.45, 2.75) is 44.6 Å². The van der Waals surface area contributed by atoms with Gasteiger partial charge in [-0.25, -0.2) is 0 Å². The maximum Gasteiger partial charge on any atom is 0.225 e. The number of guanidine groups is 1. The summed E-state index contributed by atoms with van der Waals surface area (Å²) >= 11 is 1.95. The van der Waals surface area contributed by atoms with Crippen molar-refractivity contribution >= 4 is 47.6 Å². The third kappa shape index (κ3) is 7.83. The summed E-state index contributed by atoms with van der Waals surface area (Å²) < 4.78 is 0. The van der Waals surface area contributed by atoms with Gasteiger partial charge in [0, 0.05) is 50.1 Å². The molecule has 6 nitrogen and oxygen atoms in total. The fourth-order valence-corrected chi connectivity index (χ4v) is 4.98. The molecule has 30 heavy (non-hydrogen) atoms. The Bertz CT molecular complexity index is 672. The number of nitrogens with one attached hydrogen (secondary N) is 2. The minimum absolute atomic E-state index is 0. The van der Waals surface area contributed by atoms with Crippen LogP contribution in [0.4, 0.5) is 0 Å². The predicted octanol–water partition coefficient (Wildman–Crippen LogP) is 3.24. The Morgan fingerprint density at radius 1 is 1.17 bits per heavy atom. The van der Waals surface area contributed by atoms with Crippen molar-refractivity contribution in [1.82, 2.24) is 15.5 Å². The number of halogens is 1. The second kappa shape index (κ2) is 13.3. The van der Waals surface area contributed by atoms with E-state index in [1.807, 2.05) is 23.9 Å².